The number of hydrogen-bond acceptors (Lipinski definition) is 7. The molecule has 9 heteroatoms. The lowest BCUT2D eigenvalue weighted by Crippen LogP contribution is -2.36. The van der Waals surface area contributed by atoms with Crippen LogP contribution in [0.25, 0.3) is 17.0 Å². The molecular weight excluding hydrogens is 410 g/mol. The molecule has 4 rings (SSSR count). The molecule has 1 fully saturated rings. The number of amides is 1. The molecule has 3 aromatic rings. The Morgan fingerprint density at radius 1 is 1.22 bits per heavy atom. The van der Waals surface area contributed by atoms with Crippen LogP contribution in [-0.2, 0) is 9.47 Å². The SMILES string of the molecule is COC(=O)c1ccn2c(-c3cccc(NC4CCN(C(=O)OC(C)(C)C)C4)n3)cnc2c1. The van der Waals surface area contributed by atoms with Gasteiger partial charge in [-0.3, -0.25) is 4.40 Å². The molecule has 4 heterocycles. The number of imidazole rings is 1. The van der Waals surface area contributed by atoms with Gasteiger partial charge in [-0.25, -0.2) is 19.6 Å². The first-order valence-electron chi connectivity index (χ1n) is 10.5. The predicted molar refractivity (Wildman–Crippen MR) is 120 cm³/mol. The van der Waals surface area contributed by atoms with Gasteiger partial charge in [-0.1, -0.05) is 6.07 Å². The third-order valence-corrected chi connectivity index (χ3v) is 5.14. The first-order valence-corrected chi connectivity index (χ1v) is 10.5. The highest BCUT2D eigenvalue weighted by Crippen LogP contribution is 2.23. The minimum absolute atomic E-state index is 0.0927. The van der Waals surface area contributed by atoms with Gasteiger partial charge in [0.05, 0.1) is 30.3 Å². The van der Waals surface area contributed by atoms with Crippen molar-refractivity contribution in [2.24, 2.45) is 0 Å². The fraction of sp³-hybridized carbons (Fsp3) is 0.391. The number of rotatable bonds is 4. The average Bonchev–Trinajstić information content (AvgIpc) is 3.39. The quantitative estimate of drug-likeness (QED) is 0.623. The van der Waals surface area contributed by atoms with Crippen LogP contribution in [0.4, 0.5) is 10.6 Å². The van der Waals surface area contributed by atoms with Crippen molar-refractivity contribution in [3.63, 3.8) is 0 Å². The number of methoxy groups -OCH3 is 1. The summed E-state index contributed by atoms with van der Waals surface area (Å²) in [5.41, 5.74) is 2.12. The maximum Gasteiger partial charge on any atom is 0.410 e. The van der Waals surface area contributed by atoms with Crippen molar-refractivity contribution in [1.82, 2.24) is 19.3 Å². The van der Waals surface area contributed by atoms with Crippen LogP contribution in [0.5, 0.6) is 0 Å². The zero-order chi connectivity index (χ0) is 22.9. The minimum atomic E-state index is -0.510. The van der Waals surface area contributed by atoms with E-state index in [1.54, 1.807) is 29.4 Å². The number of nitrogens with one attached hydrogen (secondary N) is 1. The van der Waals surface area contributed by atoms with Gasteiger partial charge in [-0.05, 0) is 51.5 Å². The van der Waals surface area contributed by atoms with Crippen LogP contribution in [0.2, 0.25) is 0 Å². The molecule has 0 spiro atoms. The Morgan fingerprint density at radius 2 is 2.03 bits per heavy atom. The van der Waals surface area contributed by atoms with Crippen LogP contribution in [0.15, 0.2) is 42.7 Å². The zero-order valence-corrected chi connectivity index (χ0v) is 18.7. The van der Waals surface area contributed by atoms with Gasteiger partial charge < -0.3 is 19.7 Å². The molecule has 168 valence electrons. The highest BCUT2D eigenvalue weighted by molar-refractivity contribution is 5.90. The van der Waals surface area contributed by atoms with Crippen LogP contribution in [0, 0.1) is 0 Å². The normalized spacial score (nSPS) is 16.2. The van der Waals surface area contributed by atoms with E-state index < -0.39 is 11.6 Å². The van der Waals surface area contributed by atoms with Crippen LogP contribution < -0.4 is 5.32 Å². The monoisotopic (exact) mass is 437 g/mol. The molecule has 1 aliphatic heterocycles. The topological polar surface area (TPSA) is 98.1 Å². The second-order valence-corrected chi connectivity index (χ2v) is 8.74. The Balaban J connectivity index is 1.48. The van der Waals surface area contributed by atoms with E-state index in [0.29, 0.717) is 24.3 Å². The Bertz CT molecular complexity index is 1150. The van der Waals surface area contributed by atoms with Crippen LogP contribution in [-0.4, -0.2) is 63.2 Å². The van der Waals surface area contributed by atoms with E-state index in [-0.39, 0.29) is 12.1 Å². The van der Waals surface area contributed by atoms with E-state index in [0.717, 1.165) is 23.6 Å². The molecule has 32 heavy (non-hydrogen) atoms. The minimum Gasteiger partial charge on any atom is -0.465 e. The largest absolute Gasteiger partial charge is 0.465 e. The number of esters is 1. The summed E-state index contributed by atoms with van der Waals surface area (Å²) in [5, 5.41) is 3.42. The van der Waals surface area contributed by atoms with Gasteiger partial charge in [0, 0.05) is 25.3 Å². The molecule has 1 atom stereocenters. The van der Waals surface area contributed by atoms with Crippen molar-refractivity contribution in [1.29, 1.82) is 0 Å². The summed E-state index contributed by atoms with van der Waals surface area (Å²) in [6.45, 7) is 6.79. The second-order valence-electron chi connectivity index (χ2n) is 8.74. The molecular formula is C23H27N5O4. The zero-order valence-electron chi connectivity index (χ0n) is 18.7. The van der Waals surface area contributed by atoms with E-state index in [4.69, 9.17) is 14.5 Å². The van der Waals surface area contributed by atoms with E-state index in [9.17, 15) is 9.59 Å². The molecule has 0 aromatic carbocycles. The maximum atomic E-state index is 12.3. The number of aromatic nitrogens is 3. The number of anilines is 1. The third kappa shape index (κ3) is 4.66. The lowest BCUT2D eigenvalue weighted by atomic mass is 10.2. The highest BCUT2D eigenvalue weighted by Gasteiger charge is 2.30. The summed E-state index contributed by atoms with van der Waals surface area (Å²) in [6.07, 6.45) is 4.03. The van der Waals surface area contributed by atoms with E-state index >= 15 is 0 Å². The molecule has 0 bridgehead atoms. The number of pyridine rings is 2. The highest BCUT2D eigenvalue weighted by atomic mass is 16.6. The van der Waals surface area contributed by atoms with Crippen LogP contribution in [0.1, 0.15) is 37.6 Å². The smallest absolute Gasteiger partial charge is 0.410 e. The number of hydrogen-bond donors (Lipinski definition) is 1. The first-order chi connectivity index (χ1) is 15.2. The number of likely N-dealkylation sites (tertiary alicyclic amines) is 1. The molecule has 1 amide bonds. The van der Waals surface area contributed by atoms with Gasteiger partial charge in [0.15, 0.2) is 0 Å². The number of ether oxygens (including phenoxy) is 2. The lowest BCUT2D eigenvalue weighted by Gasteiger charge is -2.24. The van der Waals surface area contributed by atoms with Crippen molar-refractivity contribution >= 4 is 23.5 Å². The Morgan fingerprint density at radius 3 is 2.78 bits per heavy atom. The summed E-state index contributed by atoms with van der Waals surface area (Å²) in [7, 11) is 1.35. The van der Waals surface area contributed by atoms with Crippen LogP contribution >= 0.6 is 0 Å². The molecule has 0 radical (unpaired) electrons. The van der Waals surface area contributed by atoms with Crippen molar-refractivity contribution in [2.45, 2.75) is 38.8 Å². The Kier molecular flexibility index (Phi) is 5.73. The molecule has 0 saturated carbocycles. The molecule has 1 N–H and O–H groups in total. The van der Waals surface area contributed by atoms with Crippen molar-refractivity contribution < 1.29 is 19.1 Å². The first kappa shape index (κ1) is 21.6. The molecule has 9 nitrogen and oxygen atoms in total. The molecule has 1 unspecified atom stereocenters. The number of fused-ring (bicyclic) bond motifs is 1. The van der Waals surface area contributed by atoms with Gasteiger partial charge in [0.2, 0.25) is 0 Å². The maximum absolute atomic E-state index is 12.3. The summed E-state index contributed by atoms with van der Waals surface area (Å²) < 4.78 is 12.1. The van der Waals surface area contributed by atoms with Crippen molar-refractivity contribution in [3.05, 3.63) is 48.3 Å². The number of carbonyl (C=O) groups excluding carboxylic acids is 2. The van der Waals surface area contributed by atoms with E-state index in [1.165, 1.54) is 7.11 Å². The van der Waals surface area contributed by atoms with Gasteiger partial charge in [0.1, 0.15) is 17.1 Å². The van der Waals surface area contributed by atoms with E-state index in [2.05, 4.69) is 10.3 Å². The third-order valence-electron chi connectivity index (χ3n) is 5.14. The molecule has 3 aromatic heterocycles. The predicted octanol–water partition coefficient (Wildman–Crippen LogP) is 3.60. The number of nitrogens with zero attached hydrogens (tertiary/aromatic N) is 4. The van der Waals surface area contributed by atoms with Crippen LogP contribution in [0.3, 0.4) is 0 Å². The number of carbonyl (C=O) groups is 2. The molecule has 1 aliphatic rings. The van der Waals surface area contributed by atoms with Gasteiger partial charge in [0.25, 0.3) is 0 Å². The van der Waals surface area contributed by atoms with Gasteiger partial charge in [-0.2, -0.15) is 0 Å². The fourth-order valence-electron chi connectivity index (χ4n) is 3.65. The standard InChI is InChI=1S/C23H27N5O4/c1-23(2,3)32-22(30)27-10-9-16(14-27)25-19-7-5-6-17(26-19)18-13-24-20-12-15(21(29)31-4)8-11-28(18)20/h5-8,11-13,16H,9-10,14H2,1-4H3,(H,25,26). The van der Waals surface area contributed by atoms with Gasteiger partial charge in [-0.15, -0.1) is 0 Å². The molecule has 1 saturated heterocycles. The molecule has 0 aliphatic carbocycles. The van der Waals surface area contributed by atoms with Crippen molar-refractivity contribution in [3.8, 4) is 11.4 Å². The van der Waals surface area contributed by atoms with Gasteiger partial charge >= 0.3 is 12.1 Å². The van der Waals surface area contributed by atoms with E-state index in [1.807, 2.05) is 43.4 Å². The average molecular weight is 438 g/mol. The lowest BCUT2D eigenvalue weighted by molar-refractivity contribution is 0.0293. The summed E-state index contributed by atoms with van der Waals surface area (Å²) >= 11 is 0. The Labute approximate surface area is 186 Å². The summed E-state index contributed by atoms with van der Waals surface area (Å²) in [6, 6.07) is 9.20. The van der Waals surface area contributed by atoms with Crippen molar-refractivity contribution in [2.75, 3.05) is 25.5 Å². The summed E-state index contributed by atoms with van der Waals surface area (Å²) in [4.78, 5) is 34.9. The summed E-state index contributed by atoms with van der Waals surface area (Å²) in [5.74, 6) is 0.318. The second kappa shape index (κ2) is 8.49. The fourth-order valence-corrected chi connectivity index (χ4v) is 3.65. The Hall–Kier alpha value is -3.62.